The third-order valence-corrected chi connectivity index (χ3v) is 3.05. The van der Waals surface area contributed by atoms with E-state index in [2.05, 4.69) is 0 Å². The summed E-state index contributed by atoms with van der Waals surface area (Å²) in [6.45, 7) is 2.65. The van der Waals surface area contributed by atoms with Crippen molar-refractivity contribution in [3.8, 4) is 0 Å². The van der Waals surface area contributed by atoms with E-state index < -0.39 is 0 Å². The minimum atomic E-state index is -0.163. The second-order valence-electron chi connectivity index (χ2n) is 4.82. The summed E-state index contributed by atoms with van der Waals surface area (Å²) in [6.07, 6.45) is 3.99. The van der Waals surface area contributed by atoms with Gasteiger partial charge in [0.05, 0.1) is 13.2 Å². The highest BCUT2D eigenvalue weighted by Gasteiger charge is 2.04. The summed E-state index contributed by atoms with van der Waals surface area (Å²) in [5.74, 6) is -0.318. The zero-order chi connectivity index (χ0) is 15.3. The molecule has 0 bridgehead atoms. The lowest BCUT2D eigenvalue weighted by molar-refractivity contribution is -0.145. The van der Waals surface area contributed by atoms with Crippen LogP contribution in [0.25, 0.3) is 0 Å². The van der Waals surface area contributed by atoms with Gasteiger partial charge in [-0.15, -0.1) is 0 Å². The van der Waals surface area contributed by atoms with E-state index in [0.29, 0.717) is 32.5 Å². The second kappa shape index (κ2) is 10.9. The molecule has 0 amide bonds. The molecule has 116 valence electrons. The molecule has 4 heteroatoms. The number of hydrogen-bond donors (Lipinski definition) is 0. The van der Waals surface area contributed by atoms with Crippen molar-refractivity contribution in [3.05, 3.63) is 35.9 Å². The molecule has 0 N–H and O–H groups in total. The van der Waals surface area contributed by atoms with E-state index in [1.165, 1.54) is 0 Å². The predicted molar refractivity (Wildman–Crippen MR) is 80.8 cm³/mol. The molecular weight excluding hydrogens is 268 g/mol. The molecule has 0 spiro atoms. The van der Waals surface area contributed by atoms with E-state index in [1.54, 1.807) is 6.92 Å². The molecule has 0 aromatic heterocycles. The fourth-order valence-electron chi connectivity index (χ4n) is 1.93. The average molecular weight is 292 g/mol. The highest BCUT2D eigenvalue weighted by Crippen LogP contribution is 2.05. The maximum Gasteiger partial charge on any atom is 0.306 e. The lowest BCUT2D eigenvalue weighted by Gasteiger charge is -2.05. The molecule has 1 aromatic carbocycles. The topological polar surface area (TPSA) is 52.6 Å². The van der Waals surface area contributed by atoms with Crippen molar-refractivity contribution >= 4 is 11.9 Å². The Labute approximate surface area is 126 Å². The normalized spacial score (nSPS) is 10.1. The van der Waals surface area contributed by atoms with E-state index in [-0.39, 0.29) is 11.9 Å². The Morgan fingerprint density at radius 1 is 0.905 bits per heavy atom. The molecule has 21 heavy (non-hydrogen) atoms. The Morgan fingerprint density at radius 3 is 2.33 bits per heavy atom. The molecule has 0 saturated carbocycles. The highest BCUT2D eigenvalue weighted by atomic mass is 16.5. The molecule has 1 rings (SSSR count). The van der Waals surface area contributed by atoms with Crippen LogP contribution in [0.4, 0.5) is 0 Å². The summed E-state index contributed by atoms with van der Waals surface area (Å²) < 4.78 is 10.00. The number of carbonyl (C=O) groups is 2. The maximum absolute atomic E-state index is 11.5. The van der Waals surface area contributed by atoms with Gasteiger partial charge in [0.2, 0.25) is 0 Å². The minimum Gasteiger partial charge on any atom is -0.466 e. The first-order valence-corrected chi connectivity index (χ1v) is 7.57. The monoisotopic (exact) mass is 292 g/mol. The van der Waals surface area contributed by atoms with Gasteiger partial charge in [0.25, 0.3) is 0 Å². The lowest BCUT2D eigenvalue weighted by Crippen LogP contribution is -2.07. The van der Waals surface area contributed by atoms with Crippen molar-refractivity contribution in [3.63, 3.8) is 0 Å². The van der Waals surface area contributed by atoms with E-state index in [9.17, 15) is 9.59 Å². The Kier molecular flexibility index (Phi) is 8.93. The summed E-state index contributed by atoms with van der Waals surface area (Å²) >= 11 is 0. The average Bonchev–Trinajstić information content (AvgIpc) is 2.50. The molecule has 4 nitrogen and oxygen atoms in total. The standard InChI is InChI=1S/C17H24O4/c1-2-20-16(18)11-7-4-8-14-21-17(19)13-12-15-9-5-3-6-10-15/h3,5-6,9-10H,2,4,7-8,11-14H2,1H3. The van der Waals surface area contributed by atoms with Crippen molar-refractivity contribution < 1.29 is 19.1 Å². The molecule has 0 aliphatic carbocycles. The number of benzene rings is 1. The van der Waals surface area contributed by atoms with Crippen LogP contribution < -0.4 is 0 Å². The largest absolute Gasteiger partial charge is 0.466 e. The quantitative estimate of drug-likeness (QED) is 0.490. The van der Waals surface area contributed by atoms with Crippen LogP contribution in [0.2, 0.25) is 0 Å². The second-order valence-corrected chi connectivity index (χ2v) is 4.82. The summed E-state index contributed by atoms with van der Waals surface area (Å²) in [7, 11) is 0. The van der Waals surface area contributed by atoms with Crippen LogP contribution in [0.5, 0.6) is 0 Å². The fraction of sp³-hybridized carbons (Fsp3) is 0.529. The number of hydrogen-bond acceptors (Lipinski definition) is 4. The molecule has 0 aliphatic rings. The molecule has 0 saturated heterocycles. The third kappa shape index (κ3) is 8.84. The van der Waals surface area contributed by atoms with E-state index in [0.717, 1.165) is 24.8 Å². The number of rotatable bonds is 10. The van der Waals surface area contributed by atoms with Crippen LogP contribution in [0, 0.1) is 0 Å². The number of carbonyl (C=O) groups excluding carboxylic acids is 2. The smallest absolute Gasteiger partial charge is 0.306 e. The number of aryl methyl sites for hydroxylation is 1. The van der Waals surface area contributed by atoms with Crippen molar-refractivity contribution in [2.45, 2.75) is 45.4 Å². The number of esters is 2. The summed E-state index contributed by atoms with van der Waals surface area (Å²) in [4.78, 5) is 22.6. The third-order valence-electron chi connectivity index (χ3n) is 3.05. The lowest BCUT2D eigenvalue weighted by atomic mass is 10.1. The van der Waals surface area contributed by atoms with Crippen molar-refractivity contribution in [2.75, 3.05) is 13.2 Å². The van der Waals surface area contributed by atoms with Gasteiger partial charge in [0.15, 0.2) is 0 Å². The van der Waals surface area contributed by atoms with Gasteiger partial charge in [-0.1, -0.05) is 30.3 Å². The van der Waals surface area contributed by atoms with Gasteiger partial charge in [-0.05, 0) is 38.2 Å². The Hall–Kier alpha value is -1.84. The molecule has 0 fully saturated rings. The van der Waals surface area contributed by atoms with Gasteiger partial charge in [0.1, 0.15) is 0 Å². The summed E-state index contributed by atoms with van der Waals surface area (Å²) in [5.41, 5.74) is 1.14. The maximum atomic E-state index is 11.5. The molecule has 0 radical (unpaired) electrons. The van der Waals surface area contributed by atoms with Gasteiger partial charge < -0.3 is 9.47 Å². The minimum absolute atomic E-state index is 0.155. The van der Waals surface area contributed by atoms with Crippen LogP contribution in [0.1, 0.15) is 44.6 Å². The number of ether oxygens (including phenoxy) is 2. The van der Waals surface area contributed by atoms with Gasteiger partial charge in [-0.25, -0.2) is 0 Å². The first-order chi connectivity index (χ1) is 10.2. The highest BCUT2D eigenvalue weighted by molar-refractivity contribution is 5.69. The van der Waals surface area contributed by atoms with E-state index in [4.69, 9.17) is 9.47 Å². The zero-order valence-electron chi connectivity index (χ0n) is 12.7. The van der Waals surface area contributed by atoms with Crippen LogP contribution in [-0.4, -0.2) is 25.2 Å². The summed E-state index contributed by atoms with van der Waals surface area (Å²) in [5, 5.41) is 0. The number of unbranched alkanes of at least 4 members (excludes halogenated alkanes) is 2. The Morgan fingerprint density at radius 2 is 1.62 bits per heavy atom. The molecule has 0 heterocycles. The van der Waals surface area contributed by atoms with Gasteiger partial charge in [0, 0.05) is 12.8 Å². The van der Waals surface area contributed by atoms with Crippen LogP contribution in [0.3, 0.4) is 0 Å². The molecular formula is C17H24O4. The Bertz CT molecular complexity index is 414. The molecule has 1 aromatic rings. The first kappa shape index (κ1) is 17.2. The molecule has 0 atom stereocenters. The van der Waals surface area contributed by atoms with Crippen LogP contribution in [0.15, 0.2) is 30.3 Å². The molecule has 0 unspecified atom stereocenters. The van der Waals surface area contributed by atoms with Gasteiger partial charge >= 0.3 is 11.9 Å². The van der Waals surface area contributed by atoms with E-state index in [1.807, 2.05) is 30.3 Å². The van der Waals surface area contributed by atoms with Crippen molar-refractivity contribution in [2.24, 2.45) is 0 Å². The SMILES string of the molecule is CCOC(=O)CCCCCOC(=O)CCc1ccccc1. The predicted octanol–water partition coefficient (Wildman–Crippen LogP) is 3.29. The molecule has 0 aliphatic heterocycles. The van der Waals surface area contributed by atoms with Gasteiger partial charge in [-0.2, -0.15) is 0 Å². The van der Waals surface area contributed by atoms with Gasteiger partial charge in [-0.3, -0.25) is 9.59 Å². The zero-order valence-corrected chi connectivity index (χ0v) is 12.7. The fourth-order valence-corrected chi connectivity index (χ4v) is 1.93. The summed E-state index contributed by atoms with van der Waals surface area (Å²) in [6, 6.07) is 9.89. The Balaban J connectivity index is 1.97. The van der Waals surface area contributed by atoms with Crippen molar-refractivity contribution in [1.82, 2.24) is 0 Å². The van der Waals surface area contributed by atoms with Crippen LogP contribution >= 0.6 is 0 Å². The van der Waals surface area contributed by atoms with Crippen LogP contribution in [-0.2, 0) is 25.5 Å². The van der Waals surface area contributed by atoms with E-state index >= 15 is 0 Å². The van der Waals surface area contributed by atoms with Crippen molar-refractivity contribution in [1.29, 1.82) is 0 Å². The first-order valence-electron chi connectivity index (χ1n) is 7.57.